The van der Waals surface area contributed by atoms with Crippen LogP contribution in [0.5, 0.6) is 0 Å². The number of hydrogen-bond donors (Lipinski definition) is 3. The number of ether oxygens (including phenoxy) is 1. The number of aromatic nitrogens is 1. The molecule has 2 saturated carbocycles. The lowest BCUT2D eigenvalue weighted by Gasteiger charge is -2.39. The zero-order valence-electron chi connectivity index (χ0n) is 23.5. The van der Waals surface area contributed by atoms with Crippen LogP contribution in [0, 0.1) is 5.92 Å². The van der Waals surface area contributed by atoms with Gasteiger partial charge in [-0.2, -0.15) is 0 Å². The molecule has 0 spiro atoms. The molecule has 2 aromatic carbocycles. The minimum absolute atomic E-state index is 0.0422. The standard InChI is InChI=1S/C32H38N6O3/c1-21-19-37(30-13-12-25(18-35-30)31(39)36-28-5-3-2-4-27(28)33)14-15-38(21)32(40)41-20-23-8-10-24(11-9-23)26-16-29(26)34-17-22-6-7-22/h2-5,8-13,18,21-22,26,29,34H,6-7,14-17,19-20,33H2,1H3,(H,36,39)/t21?,26?,29-/m0/s1. The van der Waals surface area contributed by atoms with Crippen molar-refractivity contribution in [1.29, 1.82) is 0 Å². The maximum Gasteiger partial charge on any atom is 0.410 e. The van der Waals surface area contributed by atoms with E-state index in [0.717, 1.165) is 23.8 Å². The Morgan fingerprint density at radius 2 is 1.85 bits per heavy atom. The summed E-state index contributed by atoms with van der Waals surface area (Å²) in [5.41, 5.74) is 9.81. The molecule has 2 aliphatic carbocycles. The number of para-hydroxylation sites is 2. The highest BCUT2D eigenvalue weighted by Crippen LogP contribution is 2.41. The number of hydrogen-bond acceptors (Lipinski definition) is 7. The maximum atomic E-state index is 12.9. The molecule has 1 saturated heterocycles. The second-order valence-corrected chi connectivity index (χ2v) is 11.5. The van der Waals surface area contributed by atoms with Gasteiger partial charge in [-0.15, -0.1) is 0 Å². The van der Waals surface area contributed by atoms with Crippen LogP contribution in [0.1, 0.15) is 53.6 Å². The van der Waals surface area contributed by atoms with Crippen LogP contribution in [0.2, 0.25) is 0 Å². The van der Waals surface area contributed by atoms with Crippen LogP contribution in [-0.2, 0) is 11.3 Å². The van der Waals surface area contributed by atoms with Gasteiger partial charge in [-0.05, 0) is 74.0 Å². The van der Waals surface area contributed by atoms with Crippen molar-refractivity contribution < 1.29 is 14.3 Å². The maximum absolute atomic E-state index is 12.9. The fourth-order valence-electron chi connectivity index (χ4n) is 5.47. The van der Waals surface area contributed by atoms with Crippen molar-refractivity contribution in [3.8, 4) is 0 Å². The number of piperazine rings is 1. The zero-order chi connectivity index (χ0) is 28.3. The Morgan fingerprint density at radius 3 is 2.56 bits per heavy atom. The van der Waals surface area contributed by atoms with Crippen LogP contribution in [0.4, 0.5) is 22.0 Å². The number of carbonyl (C=O) groups excluding carboxylic acids is 2. The fourth-order valence-corrected chi connectivity index (χ4v) is 5.47. The molecule has 4 N–H and O–H groups in total. The van der Waals surface area contributed by atoms with Gasteiger partial charge in [0, 0.05) is 43.8 Å². The molecule has 0 radical (unpaired) electrons. The van der Waals surface area contributed by atoms with Crippen molar-refractivity contribution in [2.45, 2.75) is 50.8 Å². The summed E-state index contributed by atoms with van der Waals surface area (Å²) in [4.78, 5) is 33.9. The van der Waals surface area contributed by atoms with Crippen molar-refractivity contribution in [1.82, 2.24) is 15.2 Å². The fraction of sp³-hybridized carbons (Fsp3) is 0.406. The molecule has 3 aromatic rings. The predicted octanol–water partition coefficient (Wildman–Crippen LogP) is 4.62. The number of pyridine rings is 1. The van der Waals surface area contributed by atoms with Gasteiger partial charge in [0.1, 0.15) is 12.4 Å². The van der Waals surface area contributed by atoms with Gasteiger partial charge in [-0.25, -0.2) is 9.78 Å². The first kappa shape index (κ1) is 27.1. The summed E-state index contributed by atoms with van der Waals surface area (Å²) in [7, 11) is 0. The van der Waals surface area contributed by atoms with Crippen LogP contribution in [0.15, 0.2) is 66.9 Å². The van der Waals surface area contributed by atoms with Crippen molar-refractivity contribution in [2.24, 2.45) is 5.92 Å². The van der Waals surface area contributed by atoms with E-state index >= 15 is 0 Å². The largest absolute Gasteiger partial charge is 0.445 e. The van der Waals surface area contributed by atoms with E-state index < -0.39 is 0 Å². The van der Waals surface area contributed by atoms with Gasteiger partial charge in [0.05, 0.1) is 16.9 Å². The first-order chi connectivity index (χ1) is 19.9. The Labute approximate surface area is 241 Å². The normalized spacial score (nSPS) is 21.8. The lowest BCUT2D eigenvalue weighted by Crippen LogP contribution is -2.54. The summed E-state index contributed by atoms with van der Waals surface area (Å²) in [6, 6.07) is 19.8. The highest BCUT2D eigenvalue weighted by Gasteiger charge is 2.39. The summed E-state index contributed by atoms with van der Waals surface area (Å²) in [6.45, 7) is 5.23. The Kier molecular flexibility index (Phi) is 7.78. The Morgan fingerprint density at radius 1 is 1.05 bits per heavy atom. The molecule has 41 heavy (non-hydrogen) atoms. The molecule has 3 fully saturated rings. The number of amides is 2. The average Bonchev–Trinajstić information content (AvgIpc) is 3.92. The SMILES string of the molecule is CC1CN(c2ccc(C(=O)Nc3ccccc3N)cn2)CCN1C(=O)OCc1ccc(C2C[C@@H]2NCC2CC2)cc1. The van der Waals surface area contributed by atoms with Crippen LogP contribution < -0.4 is 21.3 Å². The molecule has 2 amide bonds. The number of benzene rings is 2. The Hall–Kier alpha value is -4.11. The van der Waals surface area contributed by atoms with Crippen molar-refractivity contribution in [3.63, 3.8) is 0 Å². The molecule has 9 heteroatoms. The topological polar surface area (TPSA) is 113 Å². The number of carbonyl (C=O) groups is 2. The van der Waals surface area contributed by atoms with E-state index in [9.17, 15) is 9.59 Å². The van der Waals surface area contributed by atoms with Gasteiger partial charge in [0.2, 0.25) is 0 Å². The Bertz CT molecular complexity index is 1370. The van der Waals surface area contributed by atoms with E-state index in [1.165, 1.54) is 24.8 Å². The van der Waals surface area contributed by atoms with Crippen molar-refractivity contribution in [3.05, 3.63) is 83.6 Å². The summed E-state index contributed by atoms with van der Waals surface area (Å²) in [6.07, 6.45) is 5.24. The second-order valence-electron chi connectivity index (χ2n) is 11.5. The molecule has 0 bridgehead atoms. The molecule has 1 aliphatic heterocycles. The first-order valence-electron chi connectivity index (χ1n) is 14.6. The van der Waals surface area contributed by atoms with Crippen LogP contribution in [0.3, 0.4) is 0 Å². The third-order valence-electron chi connectivity index (χ3n) is 8.33. The Balaban J connectivity index is 0.954. The molecule has 1 aromatic heterocycles. The van der Waals surface area contributed by atoms with Gasteiger partial charge in [-0.3, -0.25) is 4.79 Å². The van der Waals surface area contributed by atoms with Crippen LogP contribution in [0.25, 0.3) is 0 Å². The smallest absolute Gasteiger partial charge is 0.410 e. The van der Waals surface area contributed by atoms with E-state index in [4.69, 9.17) is 10.5 Å². The minimum Gasteiger partial charge on any atom is -0.445 e. The second kappa shape index (κ2) is 11.8. The number of nitrogens with zero attached hydrogens (tertiary/aromatic N) is 3. The van der Waals surface area contributed by atoms with Crippen LogP contribution in [-0.4, -0.2) is 60.1 Å². The third kappa shape index (κ3) is 6.62. The highest BCUT2D eigenvalue weighted by molar-refractivity contribution is 6.05. The van der Waals surface area contributed by atoms with Gasteiger partial charge in [0.25, 0.3) is 5.91 Å². The summed E-state index contributed by atoms with van der Waals surface area (Å²) in [5.74, 6) is 2.01. The third-order valence-corrected chi connectivity index (χ3v) is 8.33. The van der Waals surface area contributed by atoms with E-state index in [2.05, 4.69) is 44.8 Å². The molecule has 2 unspecified atom stereocenters. The summed E-state index contributed by atoms with van der Waals surface area (Å²) < 4.78 is 5.67. The number of nitrogens with two attached hydrogens (primary N) is 1. The van der Waals surface area contributed by atoms with Gasteiger partial charge >= 0.3 is 6.09 Å². The van der Waals surface area contributed by atoms with E-state index in [1.54, 1.807) is 29.3 Å². The minimum atomic E-state index is -0.298. The lowest BCUT2D eigenvalue weighted by molar-refractivity contribution is 0.0794. The zero-order valence-corrected chi connectivity index (χ0v) is 23.5. The van der Waals surface area contributed by atoms with Gasteiger partial charge in [-0.1, -0.05) is 36.4 Å². The first-order valence-corrected chi connectivity index (χ1v) is 14.6. The number of nitrogens with one attached hydrogen (secondary N) is 2. The lowest BCUT2D eigenvalue weighted by atomic mass is 10.1. The molecule has 6 rings (SSSR count). The number of rotatable bonds is 9. The molecule has 2 heterocycles. The van der Waals surface area contributed by atoms with E-state index in [0.29, 0.717) is 48.5 Å². The monoisotopic (exact) mass is 554 g/mol. The van der Waals surface area contributed by atoms with E-state index in [-0.39, 0.29) is 24.6 Å². The van der Waals surface area contributed by atoms with Crippen molar-refractivity contribution >= 4 is 29.2 Å². The average molecular weight is 555 g/mol. The molecule has 9 nitrogen and oxygen atoms in total. The van der Waals surface area contributed by atoms with Gasteiger partial charge < -0.3 is 30.9 Å². The number of anilines is 3. The summed E-state index contributed by atoms with van der Waals surface area (Å²) >= 11 is 0. The molecule has 3 aliphatic rings. The molecule has 214 valence electrons. The van der Waals surface area contributed by atoms with Gasteiger partial charge in [0.15, 0.2) is 0 Å². The summed E-state index contributed by atoms with van der Waals surface area (Å²) in [5, 5.41) is 6.51. The predicted molar refractivity (Wildman–Crippen MR) is 160 cm³/mol. The van der Waals surface area contributed by atoms with E-state index in [1.807, 2.05) is 25.1 Å². The molecule has 3 atom stereocenters. The quantitative estimate of drug-likeness (QED) is 0.331. The van der Waals surface area contributed by atoms with Crippen LogP contribution >= 0.6 is 0 Å². The molecular weight excluding hydrogens is 516 g/mol. The highest BCUT2D eigenvalue weighted by atomic mass is 16.6. The van der Waals surface area contributed by atoms with Crippen molar-refractivity contribution in [2.75, 3.05) is 42.1 Å². The number of nitrogen functional groups attached to an aromatic ring is 1. The molecular formula is C32H38N6O3.